The van der Waals surface area contributed by atoms with Crippen molar-refractivity contribution in [2.45, 2.75) is 12.7 Å². The molecule has 1 aromatic heterocycles. The lowest BCUT2D eigenvalue weighted by atomic mass is 10.1. The third-order valence-electron chi connectivity index (χ3n) is 2.87. The first-order chi connectivity index (χ1) is 9.79. The Labute approximate surface area is 132 Å². The number of nitrogens with zero attached hydrogens (tertiary/aromatic N) is 1. The second-order valence-corrected chi connectivity index (χ2v) is 6.12. The molecule has 0 radical (unpaired) electrons. The highest BCUT2D eigenvalue weighted by Gasteiger charge is 2.32. The summed E-state index contributed by atoms with van der Waals surface area (Å²) in [6.45, 7) is 0.352. The molecule has 0 aliphatic heterocycles. The second-order valence-electron chi connectivity index (χ2n) is 4.49. The summed E-state index contributed by atoms with van der Waals surface area (Å²) in [5, 5.41) is 3.78. The molecule has 0 unspecified atom stereocenters. The zero-order chi connectivity index (χ0) is 15.6. The van der Waals surface area contributed by atoms with Crippen molar-refractivity contribution in [3.8, 4) is 0 Å². The highest BCUT2D eigenvalue weighted by Crippen LogP contribution is 2.32. The largest absolute Gasteiger partial charge is 0.416 e. The van der Waals surface area contributed by atoms with E-state index in [0.29, 0.717) is 11.0 Å². The average Bonchev–Trinajstić information content (AvgIpc) is 2.90. The van der Waals surface area contributed by atoms with E-state index in [1.165, 1.54) is 22.3 Å². The van der Waals surface area contributed by atoms with Gasteiger partial charge in [0, 0.05) is 18.1 Å². The Morgan fingerprint density at radius 3 is 2.62 bits per heavy atom. The molecular formula is C14H11BrF3NOS. The number of hydrogen-bond donors (Lipinski definition) is 0. The molecule has 1 amide bonds. The molecule has 2 nitrogen and oxygen atoms in total. The zero-order valence-corrected chi connectivity index (χ0v) is 13.3. The third-order valence-corrected chi connectivity index (χ3v) is 4.29. The van der Waals surface area contributed by atoms with Gasteiger partial charge in [0.15, 0.2) is 0 Å². The summed E-state index contributed by atoms with van der Waals surface area (Å²) in [4.78, 5) is 13.7. The SMILES string of the molecule is CN(Cc1ccsc1)C(=O)c1cc(C(F)(F)F)ccc1Br. The van der Waals surface area contributed by atoms with Gasteiger partial charge in [-0.15, -0.1) is 0 Å². The molecule has 2 rings (SSSR count). The van der Waals surface area contributed by atoms with E-state index in [9.17, 15) is 18.0 Å². The van der Waals surface area contributed by atoms with Crippen molar-refractivity contribution >= 4 is 33.2 Å². The maximum atomic E-state index is 12.7. The van der Waals surface area contributed by atoms with Gasteiger partial charge in [-0.2, -0.15) is 24.5 Å². The monoisotopic (exact) mass is 377 g/mol. The van der Waals surface area contributed by atoms with Crippen LogP contribution in [0.15, 0.2) is 39.5 Å². The van der Waals surface area contributed by atoms with E-state index >= 15 is 0 Å². The summed E-state index contributed by atoms with van der Waals surface area (Å²) >= 11 is 4.63. The van der Waals surface area contributed by atoms with Gasteiger partial charge in [0.1, 0.15) is 0 Å². The van der Waals surface area contributed by atoms with Crippen LogP contribution in [0.5, 0.6) is 0 Å². The van der Waals surface area contributed by atoms with Gasteiger partial charge in [0.05, 0.1) is 11.1 Å². The fourth-order valence-electron chi connectivity index (χ4n) is 1.80. The van der Waals surface area contributed by atoms with Crippen LogP contribution >= 0.6 is 27.3 Å². The van der Waals surface area contributed by atoms with Gasteiger partial charge in [0.2, 0.25) is 0 Å². The van der Waals surface area contributed by atoms with E-state index in [0.717, 1.165) is 17.7 Å². The molecule has 0 N–H and O–H groups in total. The molecule has 0 atom stereocenters. The van der Waals surface area contributed by atoms with Crippen LogP contribution in [0.2, 0.25) is 0 Å². The minimum absolute atomic E-state index is 0.00237. The summed E-state index contributed by atoms with van der Waals surface area (Å²) < 4.78 is 38.5. The Morgan fingerprint density at radius 2 is 2.05 bits per heavy atom. The van der Waals surface area contributed by atoms with Gasteiger partial charge >= 0.3 is 6.18 Å². The number of hydrogen-bond acceptors (Lipinski definition) is 2. The smallest absolute Gasteiger partial charge is 0.337 e. The minimum Gasteiger partial charge on any atom is -0.337 e. The molecule has 0 saturated heterocycles. The number of carbonyl (C=O) groups is 1. The van der Waals surface area contributed by atoms with Crippen molar-refractivity contribution in [3.05, 3.63) is 56.2 Å². The number of alkyl halides is 3. The fourth-order valence-corrected chi connectivity index (χ4v) is 2.88. The van der Waals surface area contributed by atoms with Crippen LogP contribution in [-0.4, -0.2) is 17.9 Å². The lowest BCUT2D eigenvalue weighted by Crippen LogP contribution is -2.26. The van der Waals surface area contributed by atoms with Crippen molar-refractivity contribution in [2.24, 2.45) is 0 Å². The minimum atomic E-state index is -4.47. The van der Waals surface area contributed by atoms with Crippen molar-refractivity contribution in [1.82, 2.24) is 4.90 Å². The zero-order valence-electron chi connectivity index (χ0n) is 10.9. The van der Waals surface area contributed by atoms with Crippen LogP contribution in [0.3, 0.4) is 0 Å². The Hall–Kier alpha value is -1.34. The molecule has 2 aromatic rings. The molecule has 0 bridgehead atoms. The summed E-state index contributed by atoms with van der Waals surface area (Å²) in [7, 11) is 1.56. The number of amides is 1. The lowest BCUT2D eigenvalue weighted by molar-refractivity contribution is -0.137. The Balaban J connectivity index is 2.26. The topological polar surface area (TPSA) is 20.3 Å². The molecule has 21 heavy (non-hydrogen) atoms. The van der Waals surface area contributed by atoms with Gasteiger partial charge in [0.25, 0.3) is 5.91 Å². The maximum Gasteiger partial charge on any atom is 0.416 e. The Kier molecular flexibility index (Phi) is 4.73. The lowest BCUT2D eigenvalue weighted by Gasteiger charge is -2.18. The first-order valence-corrected chi connectivity index (χ1v) is 7.66. The fraction of sp³-hybridized carbons (Fsp3) is 0.214. The van der Waals surface area contributed by atoms with Crippen molar-refractivity contribution < 1.29 is 18.0 Å². The quantitative estimate of drug-likeness (QED) is 0.751. The van der Waals surface area contributed by atoms with Gasteiger partial charge in [-0.05, 0) is 56.5 Å². The number of thiophene rings is 1. The van der Waals surface area contributed by atoms with Crippen LogP contribution in [0.4, 0.5) is 13.2 Å². The van der Waals surface area contributed by atoms with E-state index in [4.69, 9.17) is 0 Å². The molecule has 112 valence electrons. The van der Waals surface area contributed by atoms with Gasteiger partial charge in [-0.3, -0.25) is 4.79 Å². The van der Waals surface area contributed by atoms with E-state index in [1.54, 1.807) is 7.05 Å². The summed E-state index contributed by atoms with van der Waals surface area (Å²) in [6, 6.07) is 4.93. The summed E-state index contributed by atoms with van der Waals surface area (Å²) in [6.07, 6.45) is -4.47. The van der Waals surface area contributed by atoms with Crippen molar-refractivity contribution in [2.75, 3.05) is 7.05 Å². The van der Waals surface area contributed by atoms with Crippen LogP contribution < -0.4 is 0 Å². The van der Waals surface area contributed by atoms with Crippen LogP contribution in [-0.2, 0) is 12.7 Å². The number of carbonyl (C=O) groups excluding carboxylic acids is 1. The van der Waals surface area contributed by atoms with E-state index in [-0.39, 0.29) is 5.56 Å². The molecular weight excluding hydrogens is 367 g/mol. The second kappa shape index (κ2) is 6.19. The molecule has 0 saturated carbocycles. The molecule has 0 aliphatic carbocycles. The number of halogens is 4. The molecule has 0 aliphatic rings. The standard InChI is InChI=1S/C14H11BrF3NOS/c1-19(7-9-4-5-21-8-9)13(20)11-6-10(14(16,17)18)2-3-12(11)15/h2-6,8H,7H2,1H3. The number of rotatable bonds is 3. The first kappa shape index (κ1) is 16.0. The predicted molar refractivity (Wildman–Crippen MR) is 79.3 cm³/mol. The Morgan fingerprint density at radius 1 is 1.33 bits per heavy atom. The van der Waals surface area contributed by atoms with E-state index in [2.05, 4.69) is 15.9 Å². The third kappa shape index (κ3) is 3.85. The first-order valence-electron chi connectivity index (χ1n) is 5.92. The van der Waals surface area contributed by atoms with E-state index in [1.807, 2.05) is 16.8 Å². The highest BCUT2D eigenvalue weighted by molar-refractivity contribution is 9.10. The molecule has 0 fully saturated rings. The maximum absolute atomic E-state index is 12.7. The van der Waals surface area contributed by atoms with Gasteiger partial charge < -0.3 is 4.90 Å². The van der Waals surface area contributed by atoms with Crippen LogP contribution in [0.25, 0.3) is 0 Å². The summed E-state index contributed by atoms with van der Waals surface area (Å²) in [5.41, 5.74) is 0.111. The Bertz CT molecular complexity index is 640. The average molecular weight is 378 g/mol. The van der Waals surface area contributed by atoms with Crippen LogP contribution in [0.1, 0.15) is 21.5 Å². The van der Waals surface area contributed by atoms with Crippen molar-refractivity contribution in [1.29, 1.82) is 0 Å². The number of benzene rings is 1. The molecule has 7 heteroatoms. The van der Waals surface area contributed by atoms with Gasteiger partial charge in [-0.25, -0.2) is 0 Å². The molecule has 1 aromatic carbocycles. The van der Waals surface area contributed by atoms with Gasteiger partial charge in [-0.1, -0.05) is 0 Å². The normalized spacial score (nSPS) is 11.5. The predicted octanol–water partition coefficient (Wildman–Crippen LogP) is 4.80. The van der Waals surface area contributed by atoms with Crippen molar-refractivity contribution in [3.63, 3.8) is 0 Å². The highest BCUT2D eigenvalue weighted by atomic mass is 79.9. The van der Waals surface area contributed by atoms with E-state index < -0.39 is 17.6 Å². The molecule has 0 spiro atoms. The van der Waals surface area contributed by atoms with Crippen LogP contribution in [0, 0.1) is 0 Å². The molecule has 1 heterocycles. The summed E-state index contributed by atoms with van der Waals surface area (Å²) in [5.74, 6) is -0.459.